The number of anilines is 2. The quantitative estimate of drug-likeness (QED) is 0.688. The molecule has 0 amide bonds. The summed E-state index contributed by atoms with van der Waals surface area (Å²) in [7, 11) is 3.36. The molecule has 1 saturated heterocycles. The number of pyridine rings is 1. The number of aryl methyl sites for hydroxylation is 1. The van der Waals surface area contributed by atoms with Gasteiger partial charge in [-0.05, 0) is 37.1 Å². The molecule has 4 rings (SSSR count). The van der Waals surface area contributed by atoms with E-state index in [0.717, 1.165) is 30.8 Å². The van der Waals surface area contributed by atoms with Crippen LogP contribution in [0.15, 0.2) is 30.6 Å². The zero-order valence-corrected chi connectivity index (χ0v) is 17.2. The van der Waals surface area contributed by atoms with Crippen molar-refractivity contribution in [3.05, 3.63) is 42.0 Å². The highest BCUT2D eigenvalue weighted by atomic mass is 16.5. The van der Waals surface area contributed by atoms with Crippen molar-refractivity contribution in [2.75, 3.05) is 37.9 Å². The first-order valence-corrected chi connectivity index (χ1v) is 9.58. The lowest BCUT2D eigenvalue weighted by molar-refractivity contribution is 0.121. The molecule has 9 nitrogen and oxygen atoms in total. The number of hydrogen-bond acceptors (Lipinski definition) is 8. The Morgan fingerprint density at radius 3 is 2.70 bits per heavy atom. The highest BCUT2D eigenvalue weighted by Crippen LogP contribution is 2.35. The van der Waals surface area contributed by atoms with Gasteiger partial charge in [-0.3, -0.25) is 0 Å². The van der Waals surface area contributed by atoms with E-state index < -0.39 is 0 Å². The molecular formula is C21H23N7O2. The zero-order valence-electron chi connectivity index (χ0n) is 17.2. The van der Waals surface area contributed by atoms with Gasteiger partial charge < -0.3 is 20.1 Å². The van der Waals surface area contributed by atoms with E-state index in [1.807, 2.05) is 18.2 Å². The van der Waals surface area contributed by atoms with Gasteiger partial charge in [0.15, 0.2) is 5.82 Å². The summed E-state index contributed by atoms with van der Waals surface area (Å²) in [5.74, 6) is 1.91. The van der Waals surface area contributed by atoms with Crippen LogP contribution in [0, 0.1) is 18.3 Å². The first kappa shape index (κ1) is 19.7. The molecule has 1 atom stereocenters. The van der Waals surface area contributed by atoms with Gasteiger partial charge in [-0.15, -0.1) is 0 Å². The molecule has 30 heavy (non-hydrogen) atoms. The molecule has 0 bridgehead atoms. The van der Waals surface area contributed by atoms with Gasteiger partial charge in [-0.2, -0.15) is 10.4 Å². The number of methoxy groups -OCH3 is 2. The van der Waals surface area contributed by atoms with Crippen molar-refractivity contribution < 1.29 is 9.47 Å². The van der Waals surface area contributed by atoms with Gasteiger partial charge in [0.2, 0.25) is 0 Å². The Morgan fingerprint density at radius 1 is 1.23 bits per heavy atom. The molecule has 1 fully saturated rings. The van der Waals surface area contributed by atoms with Crippen molar-refractivity contribution in [1.82, 2.24) is 19.7 Å². The molecule has 2 N–H and O–H groups in total. The van der Waals surface area contributed by atoms with E-state index in [9.17, 15) is 5.26 Å². The van der Waals surface area contributed by atoms with Gasteiger partial charge in [-0.1, -0.05) is 0 Å². The standard InChI is InChI=1S/C21H23N7O2/c1-13-24-12-28(26-13)21-19(10-22)18(9-20(23)25-21)14-6-15(8-17(7-14)30-3)27-5-4-16(11-27)29-2/h6-9,12,16H,4-5,11H2,1-3H3,(H2,23,25)/t16-/m1/s1. The topological polar surface area (TPSA) is 115 Å². The van der Waals surface area contributed by atoms with Crippen molar-refractivity contribution in [2.45, 2.75) is 19.4 Å². The van der Waals surface area contributed by atoms with Crippen LogP contribution in [0.2, 0.25) is 0 Å². The molecule has 0 spiro atoms. The minimum Gasteiger partial charge on any atom is -0.497 e. The molecule has 2 aromatic heterocycles. The SMILES string of the molecule is COc1cc(-c2cc(N)nc(-n3cnc(C)n3)c2C#N)cc(N2CC[C@@H](OC)C2)c1. The highest BCUT2D eigenvalue weighted by molar-refractivity contribution is 5.79. The fourth-order valence-corrected chi connectivity index (χ4v) is 3.70. The summed E-state index contributed by atoms with van der Waals surface area (Å²) in [4.78, 5) is 10.7. The zero-order chi connectivity index (χ0) is 21.3. The summed E-state index contributed by atoms with van der Waals surface area (Å²) in [5.41, 5.74) is 8.93. The molecule has 3 aromatic rings. The summed E-state index contributed by atoms with van der Waals surface area (Å²) in [6.45, 7) is 3.46. The van der Waals surface area contributed by atoms with Crippen LogP contribution in [0.1, 0.15) is 17.8 Å². The molecule has 1 aliphatic rings. The molecule has 1 aromatic carbocycles. The van der Waals surface area contributed by atoms with Crippen LogP contribution in [-0.4, -0.2) is 53.2 Å². The Kier molecular flexibility index (Phi) is 5.25. The van der Waals surface area contributed by atoms with E-state index in [-0.39, 0.29) is 11.9 Å². The van der Waals surface area contributed by atoms with Crippen LogP contribution in [0.25, 0.3) is 16.9 Å². The fourth-order valence-electron chi connectivity index (χ4n) is 3.70. The molecule has 0 unspecified atom stereocenters. The Labute approximate surface area is 174 Å². The number of nitrogens with two attached hydrogens (primary N) is 1. The molecule has 3 heterocycles. The third-order valence-electron chi connectivity index (χ3n) is 5.24. The van der Waals surface area contributed by atoms with E-state index in [0.29, 0.717) is 28.5 Å². The number of nitrogen functional groups attached to an aromatic ring is 1. The van der Waals surface area contributed by atoms with E-state index in [2.05, 4.69) is 26.0 Å². The van der Waals surface area contributed by atoms with Crippen molar-refractivity contribution in [2.24, 2.45) is 0 Å². The number of aromatic nitrogens is 4. The molecule has 0 saturated carbocycles. The summed E-state index contributed by atoms with van der Waals surface area (Å²) >= 11 is 0. The Balaban J connectivity index is 1.85. The predicted octanol–water partition coefficient (Wildman–Crippen LogP) is 2.33. The number of hydrogen-bond donors (Lipinski definition) is 1. The minimum atomic E-state index is 0.202. The molecule has 0 radical (unpaired) electrons. The Bertz CT molecular complexity index is 1120. The molecule has 154 valence electrons. The monoisotopic (exact) mass is 405 g/mol. The lowest BCUT2D eigenvalue weighted by Gasteiger charge is -2.21. The lowest BCUT2D eigenvalue weighted by Crippen LogP contribution is -2.22. The van der Waals surface area contributed by atoms with Gasteiger partial charge >= 0.3 is 0 Å². The number of ether oxygens (including phenoxy) is 2. The van der Waals surface area contributed by atoms with Crippen molar-refractivity contribution in [1.29, 1.82) is 5.26 Å². The molecular weight excluding hydrogens is 382 g/mol. The highest BCUT2D eigenvalue weighted by Gasteiger charge is 2.24. The number of rotatable bonds is 5. The van der Waals surface area contributed by atoms with Crippen LogP contribution in [-0.2, 0) is 4.74 Å². The number of benzene rings is 1. The van der Waals surface area contributed by atoms with E-state index in [1.165, 1.54) is 11.0 Å². The Morgan fingerprint density at radius 2 is 2.07 bits per heavy atom. The van der Waals surface area contributed by atoms with E-state index in [4.69, 9.17) is 15.2 Å². The second-order valence-electron chi connectivity index (χ2n) is 7.15. The van der Waals surface area contributed by atoms with Crippen molar-refractivity contribution in [3.63, 3.8) is 0 Å². The first-order chi connectivity index (χ1) is 14.5. The smallest absolute Gasteiger partial charge is 0.175 e. The van der Waals surface area contributed by atoms with Crippen LogP contribution >= 0.6 is 0 Å². The van der Waals surface area contributed by atoms with Crippen LogP contribution < -0.4 is 15.4 Å². The summed E-state index contributed by atoms with van der Waals surface area (Å²) in [5, 5.41) is 14.2. The Hall–Kier alpha value is -3.64. The minimum absolute atomic E-state index is 0.202. The number of nitrogens with zero attached hydrogens (tertiary/aromatic N) is 6. The molecule has 0 aliphatic carbocycles. The fraction of sp³-hybridized carbons (Fsp3) is 0.333. The van der Waals surface area contributed by atoms with Crippen LogP contribution in [0.4, 0.5) is 11.5 Å². The molecule has 1 aliphatic heterocycles. The van der Waals surface area contributed by atoms with E-state index in [1.54, 1.807) is 27.2 Å². The van der Waals surface area contributed by atoms with Crippen molar-refractivity contribution >= 4 is 11.5 Å². The lowest BCUT2D eigenvalue weighted by atomic mass is 10.00. The first-order valence-electron chi connectivity index (χ1n) is 9.58. The average Bonchev–Trinajstić information content (AvgIpc) is 3.41. The summed E-state index contributed by atoms with van der Waals surface area (Å²) in [6, 6.07) is 9.87. The van der Waals surface area contributed by atoms with Gasteiger partial charge in [0.25, 0.3) is 0 Å². The third-order valence-corrected chi connectivity index (χ3v) is 5.24. The van der Waals surface area contributed by atoms with Gasteiger partial charge in [-0.25, -0.2) is 14.6 Å². The maximum absolute atomic E-state index is 9.94. The average molecular weight is 405 g/mol. The second kappa shape index (κ2) is 8.00. The molecule has 9 heteroatoms. The van der Waals surface area contributed by atoms with Crippen molar-refractivity contribution in [3.8, 4) is 28.8 Å². The van der Waals surface area contributed by atoms with Gasteiger partial charge in [0, 0.05) is 37.5 Å². The van der Waals surface area contributed by atoms with Gasteiger partial charge in [0.1, 0.15) is 35.4 Å². The second-order valence-corrected chi connectivity index (χ2v) is 7.15. The third kappa shape index (κ3) is 3.65. The summed E-state index contributed by atoms with van der Waals surface area (Å²) in [6.07, 6.45) is 2.69. The number of nitriles is 1. The van der Waals surface area contributed by atoms with E-state index >= 15 is 0 Å². The maximum Gasteiger partial charge on any atom is 0.175 e. The summed E-state index contributed by atoms with van der Waals surface area (Å²) < 4.78 is 12.5. The maximum atomic E-state index is 9.94. The normalized spacial score (nSPS) is 15.9. The van der Waals surface area contributed by atoms with Crippen LogP contribution in [0.5, 0.6) is 5.75 Å². The largest absolute Gasteiger partial charge is 0.497 e. The predicted molar refractivity (Wildman–Crippen MR) is 113 cm³/mol. The van der Waals surface area contributed by atoms with Gasteiger partial charge in [0.05, 0.1) is 13.2 Å². The van der Waals surface area contributed by atoms with Crippen LogP contribution in [0.3, 0.4) is 0 Å².